The highest BCUT2D eigenvalue weighted by molar-refractivity contribution is 7.92. The van der Waals surface area contributed by atoms with Crippen LogP contribution in [0.25, 0.3) is 0 Å². The van der Waals surface area contributed by atoms with Crippen molar-refractivity contribution in [3.63, 3.8) is 0 Å². The van der Waals surface area contributed by atoms with Crippen molar-refractivity contribution in [2.45, 2.75) is 30.2 Å². The third-order valence-corrected chi connectivity index (χ3v) is 7.59. The van der Waals surface area contributed by atoms with Gasteiger partial charge in [-0.05, 0) is 32.0 Å². The Bertz CT molecular complexity index is 1020. The third kappa shape index (κ3) is 4.15. The van der Waals surface area contributed by atoms with Gasteiger partial charge in [-0.15, -0.1) is 0 Å². The van der Waals surface area contributed by atoms with Gasteiger partial charge in [-0.1, -0.05) is 6.07 Å². The second-order valence-electron chi connectivity index (χ2n) is 6.08. The number of aryl methyl sites for hydroxylation is 2. The zero-order valence-corrected chi connectivity index (χ0v) is 16.8. The van der Waals surface area contributed by atoms with Crippen LogP contribution in [0.5, 0.6) is 0 Å². The van der Waals surface area contributed by atoms with E-state index in [2.05, 4.69) is 9.82 Å². The van der Waals surface area contributed by atoms with Gasteiger partial charge in [-0.2, -0.15) is 9.40 Å². The van der Waals surface area contributed by atoms with Crippen molar-refractivity contribution in [1.82, 2.24) is 14.1 Å². The molecule has 1 fully saturated rings. The van der Waals surface area contributed by atoms with Crippen LogP contribution < -0.4 is 4.72 Å². The molecule has 27 heavy (non-hydrogen) atoms. The Kier molecular flexibility index (Phi) is 5.56. The van der Waals surface area contributed by atoms with Crippen LogP contribution in [0.1, 0.15) is 12.6 Å². The molecule has 0 saturated carbocycles. The molecule has 2 aromatic rings. The second kappa shape index (κ2) is 7.58. The standard InChI is InChI=1S/C16H22N4O5S2/c1-3-19-12-16(13(2)17-19)26(21,22)18-14-5-4-6-15(11-14)27(23,24)20-7-9-25-10-8-20/h4-6,11-12,18H,3,7-10H2,1-2H3. The lowest BCUT2D eigenvalue weighted by Gasteiger charge is -2.26. The van der Waals surface area contributed by atoms with Crippen molar-refractivity contribution >= 4 is 25.7 Å². The molecule has 11 heteroatoms. The minimum Gasteiger partial charge on any atom is -0.379 e. The molecule has 1 aromatic heterocycles. The Hall–Kier alpha value is -1.95. The van der Waals surface area contributed by atoms with Gasteiger partial charge in [-0.25, -0.2) is 16.8 Å². The third-order valence-electron chi connectivity index (χ3n) is 4.21. The number of sulfonamides is 2. The van der Waals surface area contributed by atoms with Crippen molar-refractivity contribution in [3.05, 3.63) is 36.2 Å². The number of morpholine rings is 1. The topological polar surface area (TPSA) is 111 Å². The van der Waals surface area contributed by atoms with Crippen LogP contribution in [0.3, 0.4) is 0 Å². The number of aromatic nitrogens is 2. The number of ether oxygens (including phenoxy) is 1. The van der Waals surface area contributed by atoms with Crippen LogP contribution in [0.2, 0.25) is 0 Å². The summed E-state index contributed by atoms with van der Waals surface area (Å²) < 4.78 is 61.3. The Labute approximate surface area is 159 Å². The van der Waals surface area contributed by atoms with Gasteiger partial charge in [0, 0.05) is 25.8 Å². The highest BCUT2D eigenvalue weighted by atomic mass is 32.2. The molecule has 0 radical (unpaired) electrons. The molecule has 0 amide bonds. The van der Waals surface area contributed by atoms with E-state index in [-0.39, 0.29) is 28.6 Å². The summed E-state index contributed by atoms with van der Waals surface area (Å²) >= 11 is 0. The average molecular weight is 415 g/mol. The SMILES string of the molecule is CCn1cc(S(=O)(=O)Nc2cccc(S(=O)(=O)N3CCOCC3)c2)c(C)n1. The maximum absolute atomic E-state index is 12.8. The summed E-state index contributed by atoms with van der Waals surface area (Å²) in [5.41, 5.74) is 0.550. The Morgan fingerprint density at radius 1 is 1.19 bits per heavy atom. The molecule has 9 nitrogen and oxygen atoms in total. The van der Waals surface area contributed by atoms with E-state index >= 15 is 0 Å². The number of anilines is 1. The Morgan fingerprint density at radius 2 is 1.89 bits per heavy atom. The van der Waals surface area contributed by atoms with Crippen molar-refractivity contribution in [2.75, 3.05) is 31.0 Å². The van der Waals surface area contributed by atoms with Crippen molar-refractivity contribution in [2.24, 2.45) is 0 Å². The molecule has 3 rings (SSSR count). The zero-order chi connectivity index (χ0) is 19.7. The van der Waals surface area contributed by atoms with Gasteiger partial charge in [0.25, 0.3) is 10.0 Å². The predicted molar refractivity (Wildman–Crippen MR) is 99.5 cm³/mol. The van der Waals surface area contributed by atoms with E-state index in [1.54, 1.807) is 6.92 Å². The largest absolute Gasteiger partial charge is 0.379 e. The summed E-state index contributed by atoms with van der Waals surface area (Å²) in [6, 6.07) is 5.79. The number of rotatable bonds is 6. The molecule has 1 N–H and O–H groups in total. The van der Waals surface area contributed by atoms with Gasteiger partial charge in [0.2, 0.25) is 10.0 Å². The smallest absolute Gasteiger partial charge is 0.265 e. The zero-order valence-electron chi connectivity index (χ0n) is 15.1. The summed E-state index contributed by atoms with van der Waals surface area (Å²) in [5, 5.41) is 4.14. The number of nitrogens with one attached hydrogen (secondary N) is 1. The van der Waals surface area contributed by atoms with Crippen LogP contribution >= 0.6 is 0 Å². The lowest BCUT2D eigenvalue weighted by atomic mass is 10.3. The maximum Gasteiger partial charge on any atom is 0.265 e. The van der Waals surface area contributed by atoms with Gasteiger partial charge in [0.15, 0.2) is 0 Å². The first-order chi connectivity index (χ1) is 12.7. The Morgan fingerprint density at radius 3 is 2.52 bits per heavy atom. The van der Waals surface area contributed by atoms with Crippen molar-refractivity contribution < 1.29 is 21.6 Å². The fourth-order valence-corrected chi connectivity index (χ4v) is 5.48. The van der Waals surface area contributed by atoms with Crippen LogP contribution in [0, 0.1) is 6.92 Å². The number of benzene rings is 1. The second-order valence-corrected chi connectivity index (χ2v) is 9.67. The summed E-state index contributed by atoms with van der Waals surface area (Å²) in [7, 11) is -7.59. The van der Waals surface area contributed by atoms with E-state index < -0.39 is 20.0 Å². The van der Waals surface area contributed by atoms with Crippen LogP contribution in [0.15, 0.2) is 40.3 Å². The van der Waals surface area contributed by atoms with Crippen LogP contribution in [-0.2, 0) is 31.3 Å². The molecule has 0 unspecified atom stereocenters. The van der Waals surface area contributed by atoms with Gasteiger partial charge >= 0.3 is 0 Å². The van der Waals surface area contributed by atoms with E-state index in [1.807, 2.05) is 6.92 Å². The van der Waals surface area contributed by atoms with Crippen LogP contribution in [0.4, 0.5) is 5.69 Å². The van der Waals surface area contributed by atoms with Gasteiger partial charge in [0.1, 0.15) is 4.90 Å². The highest BCUT2D eigenvalue weighted by Crippen LogP contribution is 2.23. The summed E-state index contributed by atoms with van der Waals surface area (Å²) in [4.78, 5) is 0.0939. The monoisotopic (exact) mass is 414 g/mol. The summed E-state index contributed by atoms with van der Waals surface area (Å²) in [6.45, 7) is 5.24. The number of hydrogen-bond donors (Lipinski definition) is 1. The fraction of sp³-hybridized carbons (Fsp3) is 0.438. The molecule has 148 valence electrons. The number of hydrogen-bond acceptors (Lipinski definition) is 6. The van der Waals surface area contributed by atoms with Gasteiger partial charge in [0.05, 0.1) is 29.5 Å². The normalized spacial score (nSPS) is 16.4. The van der Waals surface area contributed by atoms with Crippen molar-refractivity contribution in [3.8, 4) is 0 Å². The van der Waals surface area contributed by atoms with Gasteiger partial charge in [-0.3, -0.25) is 9.40 Å². The lowest BCUT2D eigenvalue weighted by Crippen LogP contribution is -2.40. The molecule has 1 aliphatic rings. The molecule has 0 bridgehead atoms. The van der Waals surface area contributed by atoms with Crippen LogP contribution in [-0.4, -0.2) is 57.2 Å². The average Bonchev–Trinajstić information content (AvgIpc) is 3.04. The first-order valence-corrected chi connectivity index (χ1v) is 11.4. The molecule has 0 aliphatic carbocycles. The van der Waals surface area contributed by atoms with Crippen molar-refractivity contribution in [1.29, 1.82) is 0 Å². The first-order valence-electron chi connectivity index (χ1n) is 8.49. The minimum atomic E-state index is -3.88. The lowest BCUT2D eigenvalue weighted by molar-refractivity contribution is 0.0730. The number of nitrogens with zero attached hydrogens (tertiary/aromatic N) is 3. The molecule has 1 aliphatic heterocycles. The first kappa shape index (κ1) is 19.8. The van der Waals surface area contributed by atoms with E-state index in [9.17, 15) is 16.8 Å². The molecule has 2 heterocycles. The molecule has 1 saturated heterocycles. The summed E-state index contributed by atoms with van der Waals surface area (Å²) in [6.07, 6.45) is 1.45. The fourth-order valence-electron chi connectivity index (χ4n) is 2.79. The molecular weight excluding hydrogens is 392 g/mol. The van der Waals surface area contributed by atoms with E-state index in [0.717, 1.165) is 0 Å². The van der Waals surface area contributed by atoms with E-state index in [4.69, 9.17) is 4.74 Å². The Balaban J connectivity index is 1.88. The van der Waals surface area contributed by atoms with E-state index in [1.165, 1.54) is 39.4 Å². The quantitative estimate of drug-likeness (QED) is 0.756. The minimum absolute atomic E-state index is 0.0329. The van der Waals surface area contributed by atoms with Gasteiger partial charge < -0.3 is 4.74 Å². The summed E-state index contributed by atoms with van der Waals surface area (Å²) in [5.74, 6) is 0. The molecular formula is C16H22N4O5S2. The predicted octanol–water partition coefficient (Wildman–Crippen LogP) is 1.03. The van der Waals surface area contributed by atoms with E-state index in [0.29, 0.717) is 25.5 Å². The molecule has 0 spiro atoms. The molecule has 0 atom stereocenters. The highest BCUT2D eigenvalue weighted by Gasteiger charge is 2.27. The molecule has 1 aromatic carbocycles. The maximum atomic E-state index is 12.8.